The molecule has 1 aliphatic carbocycles. The van der Waals surface area contributed by atoms with Crippen molar-refractivity contribution in [1.82, 2.24) is 10.2 Å². The molecule has 0 atom stereocenters. The molecule has 0 unspecified atom stereocenters. The van der Waals surface area contributed by atoms with Gasteiger partial charge in [-0.25, -0.2) is 0 Å². The highest BCUT2D eigenvalue weighted by molar-refractivity contribution is 5.77. The van der Waals surface area contributed by atoms with Gasteiger partial charge in [-0.15, -0.1) is 0 Å². The van der Waals surface area contributed by atoms with E-state index in [4.69, 9.17) is 5.73 Å². The van der Waals surface area contributed by atoms with Crippen LogP contribution >= 0.6 is 0 Å². The fourth-order valence-electron chi connectivity index (χ4n) is 2.18. The first-order chi connectivity index (χ1) is 8.76. The van der Waals surface area contributed by atoms with Gasteiger partial charge in [0.05, 0.1) is 0 Å². The predicted molar refractivity (Wildman–Crippen MR) is 78.9 cm³/mol. The molecular weight excluding hydrogens is 224 g/mol. The maximum absolute atomic E-state index is 5.82. The van der Waals surface area contributed by atoms with E-state index in [0.717, 1.165) is 38.5 Å². The molecule has 1 fully saturated rings. The Hall–Kier alpha value is -0.770. The average Bonchev–Trinajstić information content (AvgIpc) is 2.32. The Balaban J connectivity index is 1.95. The number of aliphatic imine (C=N–C) groups is 1. The molecule has 1 rings (SSSR count). The first kappa shape index (κ1) is 15.3. The highest BCUT2D eigenvalue weighted by Gasteiger charge is 2.16. The van der Waals surface area contributed by atoms with Crippen molar-refractivity contribution < 1.29 is 0 Å². The van der Waals surface area contributed by atoms with Crippen molar-refractivity contribution >= 4 is 5.96 Å². The molecule has 0 aliphatic heterocycles. The monoisotopic (exact) mass is 254 g/mol. The minimum Gasteiger partial charge on any atom is -0.370 e. The molecule has 3 N–H and O–H groups in total. The lowest BCUT2D eigenvalue weighted by atomic mass is 9.86. The number of rotatable bonds is 9. The van der Waals surface area contributed by atoms with E-state index in [9.17, 15) is 0 Å². The summed E-state index contributed by atoms with van der Waals surface area (Å²) in [4.78, 5) is 6.84. The van der Waals surface area contributed by atoms with Gasteiger partial charge in [-0.05, 0) is 51.2 Å². The third kappa shape index (κ3) is 6.24. The molecule has 4 heteroatoms. The Morgan fingerprint density at radius 3 is 2.56 bits per heavy atom. The van der Waals surface area contributed by atoms with Gasteiger partial charge in [-0.3, -0.25) is 4.99 Å². The fraction of sp³-hybridized carbons (Fsp3) is 0.929. The fourth-order valence-corrected chi connectivity index (χ4v) is 2.18. The molecule has 4 nitrogen and oxygen atoms in total. The van der Waals surface area contributed by atoms with E-state index < -0.39 is 0 Å². The Kier molecular flexibility index (Phi) is 7.81. The van der Waals surface area contributed by atoms with E-state index in [2.05, 4.69) is 29.1 Å². The largest absolute Gasteiger partial charge is 0.370 e. The van der Waals surface area contributed by atoms with Crippen LogP contribution in [0.25, 0.3) is 0 Å². The molecule has 0 aromatic rings. The van der Waals surface area contributed by atoms with Gasteiger partial charge >= 0.3 is 0 Å². The second-order valence-electron chi connectivity index (χ2n) is 5.18. The van der Waals surface area contributed by atoms with Crippen molar-refractivity contribution in [2.75, 3.05) is 32.7 Å². The number of nitrogens with zero attached hydrogens (tertiary/aromatic N) is 2. The van der Waals surface area contributed by atoms with Gasteiger partial charge in [0, 0.05) is 13.1 Å². The lowest BCUT2D eigenvalue weighted by molar-refractivity contribution is 0.297. The molecule has 0 spiro atoms. The van der Waals surface area contributed by atoms with E-state index in [1.54, 1.807) is 0 Å². The van der Waals surface area contributed by atoms with Gasteiger partial charge in [0.15, 0.2) is 5.96 Å². The van der Waals surface area contributed by atoms with Crippen LogP contribution < -0.4 is 11.1 Å². The molecule has 0 saturated heterocycles. The molecule has 0 aromatic heterocycles. The summed E-state index contributed by atoms with van der Waals surface area (Å²) in [5.74, 6) is 1.43. The summed E-state index contributed by atoms with van der Waals surface area (Å²) >= 11 is 0. The Labute approximate surface area is 112 Å². The Morgan fingerprint density at radius 1 is 1.28 bits per heavy atom. The molecule has 0 bridgehead atoms. The van der Waals surface area contributed by atoms with E-state index in [-0.39, 0.29) is 0 Å². The van der Waals surface area contributed by atoms with Crippen LogP contribution in [0.5, 0.6) is 0 Å². The van der Waals surface area contributed by atoms with Crippen LogP contribution in [0.1, 0.15) is 46.0 Å². The number of unbranched alkanes of at least 4 members (excludes halogenated alkanes) is 1. The minimum atomic E-state index is 0.629. The zero-order valence-corrected chi connectivity index (χ0v) is 12.1. The molecule has 0 heterocycles. The average molecular weight is 254 g/mol. The third-order valence-corrected chi connectivity index (χ3v) is 3.85. The lowest BCUT2D eigenvalue weighted by Gasteiger charge is -2.23. The number of nitrogens with two attached hydrogens (primary N) is 1. The van der Waals surface area contributed by atoms with Crippen LogP contribution in [-0.4, -0.2) is 43.6 Å². The zero-order valence-electron chi connectivity index (χ0n) is 12.1. The van der Waals surface area contributed by atoms with Crippen molar-refractivity contribution in [3.05, 3.63) is 0 Å². The standard InChI is InChI=1S/C14H30N4/c1-3-18(4-2)11-6-5-10-16-14(15)17-12-13-8-7-9-13/h13H,3-12H2,1-2H3,(H3,15,16,17). The normalized spacial score (nSPS) is 16.9. The predicted octanol–water partition coefficient (Wildman–Crippen LogP) is 1.81. The van der Waals surface area contributed by atoms with Gasteiger partial charge in [-0.2, -0.15) is 0 Å². The van der Waals surface area contributed by atoms with Crippen molar-refractivity contribution in [1.29, 1.82) is 0 Å². The quantitative estimate of drug-likeness (QED) is 0.375. The first-order valence-corrected chi connectivity index (χ1v) is 7.52. The van der Waals surface area contributed by atoms with Crippen LogP contribution in [0.2, 0.25) is 0 Å². The summed E-state index contributed by atoms with van der Waals surface area (Å²) in [6, 6.07) is 0. The smallest absolute Gasteiger partial charge is 0.188 e. The molecule has 18 heavy (non-hydrogen) atoms. The van der Waals surface area contributed by atoms with E-state index in [0.29, 0.717) is 5.96 Å². The molecule has 1 aliphatic rings. The van der Waals surface area contributed by atoms with Crippen molar-refractivity contribution in [2.45, 2.75) is 46.0 Å². The van der Waals surface area contributed by atoms with Crippen LogP contribution in [0.3, 0.4) is 0 Å². The number of nitrogens with one attached hydrogen (secondary N) is 1. The summed E-state index contributed by atoms with van der Waals surface area (Å²) < 4.78 is 0. The van der Waals surface area contributed by atoms with Crippen molar-refractivity contribution in [2.24, 2.45) is 16.6 Å². The van der Waals surface area contributed by atoms with Gasteiger partial charge in [0.2, 0.25) is 0 Å². The highest BCUT2D eigenvalue weighted by atomic mass is 15.1. The summed E-state index contributed by atoms with van der Waals surface area (Å²) in [5.41, 5.74) is 5.82. The summed E-state index contributed by atoms with van der Waals surface area (Å²) in [6.45, 7) is 9.77. The van der Waals surface area contributed by atoms with Crippen LogP contribution in [0.4, 0.5) is 0 Å². The van der Waals surface area contributed by atoms with Crippen LogP contribution in [-0.2, 0) is 0 Å². The van der Waals surface area contributed by atoms with Crippen molar-refractivity contribution in [3.8, 4) is 0 Å². The number of hydrogen-bond donors (Lipinski definition) is 2. The third-order valence-electron chi connectivity index (χ3n) is 3.85. The second-order valence-corrected chi connectivity index (χ2v) is 5.18. The van der Waals surface area contributed by atoms with Gasteiger partial charge in [-0.1, -0.05) is 20.3 Å². The van der Waals surface area contributed by atoms with E-state index in [1.807, 2.05) is 0 Å². The lowest BCUT2D eigenvalue weighted by Crippen LogP contribution is -2.34. The topological polar surface area (TPSA) is 53.6 Å². The molecule has 0 amide bonds. The maximum Gasteiger partial charge on any atom is 0.188 e. The number of hydrogen-bond acceptors (Lipinski definition) is 2. The summed E-state index contributed by atoms with van der Waals surface area (Å²) in [6.07, 6.45) is 6.43. The minimum absolute atomic E-state index is 0.629. The molecule has 0 radical (unpaired) electrons. The van der Waals surface area contributed by atoms with E-state index >= 15 is 0 Å². The van der Waals surface area contributed by atoms with Crippen LogP contribution in [0, 0.1) is 5.92 Å². The van der Waals surface area contributed by atoms with E-state index in [1.165, 1.54) is 32.2 Å². The Bertz CT molecular complexity index is 232. The highest BCUT2D eigenvalue weighted by Crippen LogP contribution is 2.26. The first-order valence-electron chi connectivity index (χ1n) is 7.52. The molecule has 106 valence electrons. The van der Waals surface area contributed by atoms with Gasteiger partial charge < -0.3 is 16.0 Å². The molecule has 1 saturated carbocycles. The molecule has 0 aromatic carbocycles. The zero-order chi connectivity index (χ0) is 13.2. The second kappa shape index (κ2) is 9.20. The van der Waals surface area contributed by atoms with Gasteiger partial charge in [0.25, 0.3) is 0 Å². The maximum atomic E-state index is 5.82. The van der Waals surface area contributed by atoms with Crippen LogP contribution in [0.15, 0.2) is 4.99 Å². The summed E-state index contributed by atoms with van der Waals surface area (Å²) in [7, 11) is 0. The van der Waals surface area contributed by atoms with Gasteiger partial charge in [0.1, 0.15) is 0 Å². The molecular formula is C14H30N4. The SMILES string of the molecule is CCN(CC)CCCCNC(N)=NCC1CCC1. The summed E-state index contributed by atoms with van der Waals surface area (Å²) in [5, 5.41) is 3.21. The number of guanidine groups is 1. The van der Waals surface area contributed by atoms with Crippen molar-refractivity contribution in [3.63, 3.8) is 0 Å². The Morgan fingerprint density at radius 2 is 2.00 bits per heavy atom.